The highest BCUT2D eigenvalue weighted by Crippen LogP contribution is 2.22. The van der Waals surface area contributed by atoms with Crippen LogP contribution < -0.4 is 5.73 Å². The minimum absolute atomic E-state index is 0.118. The Morgan fingerprint density at radius 3 is 2.57 bits per heavy atom. The fourth-order valence-electron chi connectivity index (χ4n) is 2.00. The molecule has 4 nitrogen and oxygen atoms in total. The Hall–Kier alpha value is -1.56. The molecule has 0 saturated heterocycles. The second-order valence-corrected chi connectivity index (χ2v) is 6.68. The van der Waals surface area contributed by atoms with Crippen LogP contribution in [0.1, 0.15) is 10.4 Å². The van der Waals surface area contributed by atoms with Crippen LogP contribution in [0.2, 0.25) is 4.34 Å². The lowest BCUT2D eigenvalue weighted by molar-refractivity contribution is -0.131. The molecule has 0 aliphatic rings. The molecule has 0 saturated carbocycles. The summed E-state index contributed by atoms with van der Waals surface area (Å²) in [5.41, 5.74) is 6.89. The molecular weight excluding hydrogens is 308 g/mol. The largest absolute Gasteiger partial charge is 0.508 e. The summed E-state index contributed by atoms with van der Waals surface area (Å²) >= 11 is 7.33. The third kappa shape index (κ3) is 4.46. The lowest BCUT2D eigenvalue weighted by Crippen LogP contribution is -2.42. The zero-order chi connectivity index (χ0) is 15.4. The Morgan fingerprint density at radius 2 is 2.00 bits per heavy atom. The van der Waals surface area contributed by atoms with Gasteiger partial charge in [0.25, 0.3) is 0 Å². The number of hydrogen-bond acceptors (Lipinski definition) is 4. The maximum Gasteiger partial charge on any atom is 0.239 e. The van der Waals surface area contributed by atoms with E-state index in [1.54, 1.807) is 36.2 Å². The van der Waals surface area contributed by atoms with E-state index < -0.39 is 6.04 Å². The van der Waals surface area contributed by atoms with Crippen molar-refractivity contribution in [3.8, 4) is 5.75 Å². The number of hydrogen-bond donors (Lipinski definition) is 2. The fourth-order valence-corrected chi connectivity index (χ4v) is 3.15. The number of thiophene rings is 1. The van der Waals surface area contributed by atoms with Crippen molar-refractivity contribution >= 4 is 28.8 Å². The number of nitrogens with two attached hydrogens (primary N) is 1. The number of carbonyl (C=O) groups is 1. The van der Waals surface area contributed by atoms with Crippen LogP contribution in [-0.4, -0.2) is 29.0 Å². The van der Waals surface area contributed by atoms with Gasteiger partial charge in [-0.3, -0.25) is 4.79 Å². The molecule has 0 radical (unpaired) electrons. The average molecular weight is 325 g/mol. The lowest BCUT2D eigenvalue weighted by atomic mass is 10.1. The van der Waals surface area contributed by atoms with Crippen LogP contribution in [0.15, 0.2) is 36.4 Å². The number of benzene rings is 1. The Balaban J connectivity index is 1.93. The fraction of sp³-hybridized carbons (Fsp3) is 0.267. The molecule has 0 bridgehead atoms. The Kier molecular flexibility index (Phi) is 5.22. The van der Waals surface area contributed by atoms with Crippen LogP contribution in [-0.2, 0) is 17.8 Å². The topological polar surface area (TPSA) is 66.6 Å². The lowest BCUT2D eigenvalue weighted by Gasteiger charge is -2.20. The van der Waals surface area contributed by atoms with Gasteiger partial charge in [-0.1, -0.05) is 23.7 Å². The number of likely N-dealkylation sites (N-methyl/N-ethyl adjacent to an activating group) is 1. The SMILES string of the molecule is CN(Cc1ccc(Cl)s1)C(=O)C(N)Cc1ccc(O)cc1. The first kappa shape index (κ1) is 15.8. The second kappa shape index (κ2) is 6.93. The molecular formula is C15H17ClN2O2S. The summed E-state index contributed by atoms with van der Waals surface area (Å²) in [6.45, 7) is 0.500. The monoisotopic (exact) mass is 324 g/mol. The summed E-state index contributed by atoms with van der Waals surface area (Å²) in [7, 11) is 1.73. The van der Waals surface area contributed by atoms with Crippen LogP contribution in [0.5, 0.6) is 5.75 Å². The molecule has 1 aromatic heterocycles. The van der Waals surface area contributed by atoms with Gasteiger partial charge in [0.15, 0.2) is 0 Å². The third-order valence-electron chi connectivity index (χ3n) is 3.11. The molecule has 0 aliphatic heterocycles. The van der Waals surface area contributed by atoms with Gasteiger partial charge >= 0.3 is 0 Å². The normalized spacial score (nSPS) is 12.1. The van der Waals surface area contributed by atoms with Crippen molar-refractivity contribution in [3.05, 3.63) is 51.2 Å². The van der Waals surface area contributed by atoms with Gasteiger partial charge in [-0.25, -0.2) is 0 Å². The quantitative estimate of drug-likeness (QED) is 0.888. The van der Waals surface area contributed by atoms with E-state index >= 15 is 0 Å². The first-order chi connectivity index (χ1) is 9.95. The number of carbonyl (C=O) groups excluding carboxylic acids is 1. The van der Waals surface area contributed by atoms with E-state index in [1.165, 1.54) is 11.3 Å². The van der Waals surface area contributed by atoms with Crippen molar-refractivity contribution in [2.24, 2.45) is 5.73 Å². The van der Waals surface area contributed by atoms with Crippen molar-refractivity contribution in [1.29, 1.82) is 0 Å². The van der Waals surface area contributed by atoms with E-state index in [4.69, 9.17) is 17.3 Å². The van der Waals surface area contributed by atoms with Gasteiger partial charge in [0.05, 0.1) is 16.9 Å². The van der Waals surface area contributed by atoms with Crippen LogP contribution in [0, 0.1) is 0 Å². The van der Waals surface area contributed by atoms with Gasteiger partial charge in [0.2, 0.25) is 5.91 Å². The molecule has 0 fully saturated rings. The minimum atomic E-state index is -0.602. The zero-order valence-corrected chi connectivity index (χ0v) is 13.2. The predicted octanol–water partition coefficient (Wildman–Crippen LogP) is 2.64. The molecule has 6 heteroatoms. The standard InChI is InChI=1S/C15H17ClN2O2S/c1-18(9-12-6-7-14(16)21-12)15(20)13(17)8-10-2-4-11(19)5-3-10/h2-7,13,19H,8-9,17H2,1H3. The molecule has 1 amide bonds. The van der Waals surface area contributed by atoms with Gasteiger partial charge < -0.3 is 15.7 Å². The molecule has 21 heavy (non-hydrogen) atoms. The van der Waals surface area contributed by atoms with Crippen LogP contribution >= 0.6 is 22.9 Å². The van der Waals surface area contributed by atoms with Crippen LogP contribution in [0.4, 0.5) is 0 Å². The van der Waals surface area contributed by atoms with Gasteiger partial charge in [-0.15, -0.1) is 11.3 Å². The summed E-state index contributed by atoms with van der Waals surface area (Å²) in [5.74, 6) is 0.0814. The number of amides is 1. The number of rotatable bonds is 5. The van der Waals surface area contributed by atoms with E-state index in [9.17, 15) is 9.90 Å². The van der Waals surface area contributed by atoms with Crippen molar-refractivity contribution < 1.29 is 9.90 Å². The zero-order valence-electron chi connectivity index (χ0n) is 11.6. The maximum atomic E-state index is 12.2. The number of aromatic hydroxyl groups is 1. The molecule has 112 valence electrons. The van der Waals surface area contributed by atoms with Gasteiger partial charge in [0.1, 0.15) is 5.75 Å². The first-order valence-corrected chi connectivity index (χ1v) is 7.68. The van der Waals surface area contributed by atoms with E-state index in [0.717, 1.165) is 10.4 Å². The summed E-state index contributed by atoms with van der Waals surface area (Å²) in [4.78, 5) is 14.9. The minimum Gasteiger partial charge on any atom is -0.508 e. The Morgan fingerprint density at radius 1 is 1.33 bits per heavy atom. The molecule has 1 heterocycles. The van der Waals surface area contributed by atoms with E-state index in [2.05, 4.69) is 0 Å². The van der Waals surface area contributed by atoms with Crippen molar-refractivity contribution in [2.45, 2.75) is 19.0 Å². The highest BCUT2D eigenvalue weighted by atomic mass is 35.5. The number of nitrogens with zero attached hydrogens (tertiary/aromatic N) is 1. The maximum absolute atomic E-state index is 12.2. The number of phenolic OH excluding ortho intramolecular Hbond substituents is 1. The van der Waals surface area contributed by atoms with Crippen molar-refractivity contribution in [1.82, 2.24) is 4.90 Å². The molecule has 0 aliphatic carbocycles. The Bertz CT molecular complexity index is 612. The van der Waals surface area contributed by atoms with E-state index in [1.807, 2.05) is 12.1 Å². The van der Waals surface area contributed by atoms with Crippen LogP contribution in [0.3, 0.4) is 0 Å². The van der Waals surface area contributed by atoms with E-state index in [0.29, 0.717) is 17.3 Å². The van der Waals surface area contributed by atoms with Gasteiger partial charge in [-0.05, 0) is 36.2 Å². The molecule has 0 spiro atoms. The highest BCUT2D eigenvalue weighted by Gasteiger charge is 2.19. The van der Waals surface area contributed by atoms with Gasteiger partial charge in [-0.2, -0.15) is 0 Å². The third-order valence-corrected chi connectivity index (χ3v) is 4.32. The summed E-state index contributed by atoms with van der Waals surface area (Å²) in [5, 5.41) is 9.24. The molecule has 1 aromatic carbocycles. The predicted molar refractivity (Wildman–Crippen MR) is 85.6 cm³/mol. The molecule has 1 unspecified atom stereocenters. The van der Waals surface area contributed by atoms with Crippen LogP contribution in [0.25, 0.3) is 0 Å². The molecule has 3 N–H and O–H groups in total. The average Bonchev–Trinajstić information content (AvgIpc) is 2.85. The highest BCUT2D eigenvalue weighted by molar-refractivity contribution is 7.16. The van der Waals surface area contributed by atoms with Crippen molar-refractivity contribution in [2.75, 3.05) is 7.05 Å². The second-order valence-electron chi connectivity index (χ2n) is 4.88. The van der Waals surface area contributed by atoms with Gasteiger partial charge in [0, 0.05) is 11.9 Å². The summed E-state index contributed by atoms with van der Waals surface area (Å²) < 4.78 is 0.708. The smallest absolute Gasteiger partial charge is 0.239 e. The first-order valence-electron chi connectivity index (χ1n) is 6.48. The Labute approximate surface area is 132 Å². The molecule has 2 aromatic rings. The van der Waals surface area contributed by atoms with Crippen molar-refractivity contribution in [3.63, 3.8) is 0 Å². The molecule has 1 atom stereocenters. The number of halogens is 1. The van der Waals surface area contributed by atoms with E-state index in [-0.39, 0.29) is 11.7 Å². The summed E-state index contributed by atoms with van der Waals surface area (Å²) in [6, 6.07) is 9.82. The summed E-state index contributed by atoms with van der Waals surface area (Å²) in [6.07, 6.45) is 0.439. The number of phenols is 1. The molecule has 2 rings (SSSR count).